The molecule has 1 aromatic heterocycles. The summed E-state index contributed by atoms with van der Waals surface area (Å²) in [7, 11) is -4.01. The minimum atomic E-state index is -4.01. The molecule has 3 rings (SSSR count). The average molecular weight is 467 g/mol. The van der Waals surface area contributed by atoms with Gasteiger partial charge in [0.1, 0.15) is 6.04 Å². The fourth-order valence-corrected chi connectivity index (χ4v) is 5.76. The Balaban J connectivity index is 1.60. The zero-order valence-corrected chi connectivity index (χ0v) is 19.0. The molecule has 0 spiro atoms. The van der Waals surface area contributed by atoms with Crippen LogP contribution in [0.4, 0.5) is 0 Å². The van der Waals surface area contributed by atoms with Crippen LogP contribution in [0.15, 0.2) is 40.6 Å². The highest BCUT2D eigenvalue weighted by molar-refractivity contribution is 7.89. The van der Waals surface area contributed by atoms with E-state index in [9.17, 15) is 23.1 Å². The number of ether oxygens (including phenoxy) is 1. The summed E-state index contributed by atoms with van der Waals surface area (Å²) < 4.78 is 32.2. The summed E-state index contributed by atoms with van der Waals surface area (Å²) in [4.78, 5) is 25.7. The molecule has 2 heterocycles. The number of rotatable bonds is 8. The third-order valence-electron chi connectivity index (χ3n) is 5.21. The van der Waals surface area contributed by atoms with E-state index in [0.29, 0.717) is 13.0 Å². The predicted molar refractivity (Wildman–Crippen MR) is 116 cm³/mol. The highest BCUT2D eigenvalue weighted by atomic mass is 32.2. The number of sulfonamides is 1. The molecule has 1 aromatic carbocycles. The lowest BCUT2D eigenvalue weighted by atomic mass is 10.1. The summed E-state index contributed by atoms with van der Waals surface area (Å²) in [6.07, 6.45) is -0.393. The standard InChI is InChI=1S/C21H26N2O6S2/c1-14-5-6-18(10-15(14)2)31(27,28)23-12-16(24)11-19(23)21(26)29-13-20(25)22-8-7-17-4-3-9-30-17/h3-6,9-10,16,19,24H,7-8,11-13H2,1-2H3,(H,22,25)/t16?,19-/m0/s1. The fraction of sp³-hybridized carbons (Fsp3) is 0.429. The Morgan fingerprint density at radius 3 is 2.71 bits per heavy atom. The molecule has 168 valence electrons. The summed E-state index contributed by atoms with van der Waals surface area (Å²) in [6.45, 7) is 3.37. The lowest BCUT2D eigenvalue weighted by Crippen LogP contribution is -2.42. The molecule has 2 atom stereocenters. The monoisotopic (exact) mass is 466 g/mol. The van der Waals surface area contributed by atoms with Crippen molar-refractivity contribution in [1.82, 2.24) is 9.62 Å². The first-order valence-electron chi connectivity index (χ1n) is 9.91. The number of thiophene rings is 1. The van der Waals surface area contributed by atoms with Gasteiger partial charge in [-0.15, -0.1) is 11.3 Å². The van der Waals surface area contributed by atoms with Gasteiger partial charge in [-0.25, -0.2) is 8.42 Å². The number of nitrogens with one attached hydrogen (secondary N) is 1. The number of esters is 1. The van der Waals surface area contributed by atoms with E-state index in [4.69, 9.17) is 4.74 Å². The molecule has 8 nitrogen and oxygen atoms in total. The van der Waals surface area contributed by atoms with Gasteiger partial charge in [0.15, 0.2) is 6.61 Å². The summed E-state index contributed by atoms with van der Waals surface area (Å²) in [5.74, 6) is -1.32. The molecule has 0 saturated carbocycles. The minimum absolute atomic E-state index is 0.0498. The zero-order valence-electron chi connectivity index (χ0n) is 17.4. The van der Waals surface area contributed by atoms with Crippen LogP contribution in [0.1, 0.15) is 22.4 Å². The molecule has 2 aromatic rings. The van der Waals surface area contributed by atoms with E-state index >= 15 is 0 Å². The maximum Gasteiger partial charge on any atom is 0.325 e. The highest BCUT2D eigenvalue weighted by Crippen LogP contribution is 2.28. The van der Waals surface area contributed by atoms with Gasteiger partial charge >= 0.3 is 5.97 Å². The second-order valence-corrected chi connectivity index (χ2v) is 10.4. The quantitative estimate of drug-likeness (QED) is 0.569. The van der Waals surface area contributed by atoms with E-state index in [2.05, 4.69) is 5.32 Å². The zero-order chi connectivity index (χ0) is 22.6. The third kappa shape index (κ3) is 5.70. The summed E-state index contributed by atoms with van der Waals surface area (Å²) >= 11 is 1.59. The van der Waals surface area contributed by atoms with Gasteiger partial charge in [0.2, 0.25) is 10.0 Å². The normalized spacial score (nSPS) is 19.3. The minimum Gasteiger partial charge on any atom is -0.454 e. The Hall–Kier alpha value is -2.27. The molecule has 0 aliphatic carbocycles. The molecular weight excluding hydrogens is 440 g/mol. The topological polar surface area (TPSA) is 113 Å². The summed E-state index contributed by atoms with van der Waals surface area (Å²) in [6, 6.07) is 7.43. The molecule has 1 aliphatic rings. The molecule has 0 radical (unpaired) electrons. The number of carbonyl (C=O) groups is 2. The van der Waals surface area contributed by atoms with E-state index in [1.54, 1.807) is 30.4 Å². The first kappa shape index (κ1) is 23.4. The van der Waals surface area contributed by atoms with Gasteiger partial charge in [0, 0.05) is 24.4 Å². The number of hydrogen-bond donors (Lipinski definition) is 2. The third-order valence-corrected chi connectivity index (χ3v) is 8.02. The largest absolute Gasteiger partial charge is 0.454 e. The number of aliphatic hydroxyl groups is 1. The van der Waals surface area contributed by atoms with Crippen LogP contribution >= 0.6 is 11.3 Å². The van der Waals surface area contributed by atoms with Crippen LogP contribution in [0.25, 0.3) is 0 Å². The second-order valence-electron chi connectivity index (χ2n) is 7.51. The average Bonchev–Trinajstić information content (AvgIpc) is 3.38. The van der Waals surface area contributed by atoms with E-state index in [0.717, 1.165) is 20.3 Å². The Labute approximate surface area is 185 Å². The Bertz CT molecular complexity index is 1040. The van der Waals surface area contributed by atoms with Gasteiger partial charge < -0.3 is 15.2 Å². The fourth-order valence-electron chi connectivity index (χ4n) is 3.34. The van der Waals surface area contributed by atoms with Crippen molar-refractivity contribution in [1.29, 1.82) is 0 Å². The summed E-state index contributed by atoms with van der Waals surface area (Å²) in [5, 5.41) is 14.6. The molecular formula is C21H26N2O6S2. The van der Waals surface area contributed by atoms with Crippen LogP contribution < -0.4 is 5.32 Å². The van der Waals surface area contributed by atoms with Crippen molar-refractivity contribution in [3.8, 4) is 0 Å². The number of amides is 1. The van der Waals surface area contributed by atoms with Crippen molar-refractivity contribution in [3.63, 3.8) is 0 Å². The molecule has 1 unspecified atom stereocenters. The molecule has 1 fully saturated rings. The molecule has 1 aliphatic heterocycles. The lowest BCUT2D eigenvalue weighted by molar-refractivity contribution is -0.151. The van der Waals surface area contributed by atoms with Gasteiger partial charge in [-0.1, -0.05) is 12.1 Å². The van der Waals surface area contributed by atoms with E-state index in [1.807, 2.05) is 24.4 Å². The molecule has 1 saturated heterocycles. The number of benzene rings is 1. The smallest absolute Gasteiger partial charge is 0.325 e. The van der Waals surface area contributed by atoms with Gasteiger partial charge in [0.05, 0.1) is 11.0 Å². The highest BCUT2D eigenvalue weighted by Gasteiger charge is 2.44. The van der Waals surface area contributed by atoms with Gasteiger partial charge in [0.25, 0.3) is 5.91 Å². The van der Waals surface area contributed by atoms with Crippen LogP contribution in [-0.2, 0) is 30.8 Å². The molecule has 2 N–H and O–H groups in total. The number of aliphatic hydroxyl groups excluding tert-OH is 1. The number of aryl methyl sites for hydroxylation is 2. The number of nitrogens with zero attached hydrogens (tertiary/aromatic N) is 1. The van der Waals surface area contributed by atoms with Crippen LogP contribution in [0.2, 0.25) is 0 Å². The second kappa shape index (κ2) is 9.90. The first-order chi connectivity index (χ1) is 14.7. The van der Waals surface area contributed by atoms with Crippen molar-refractivity contribution in [2.45, 2.75) is 43.7 Å². The number of carbonyl (C=O) groups excluding carboxylic acids is 2. The lowest BCUT2D eigenvalue weighted by Gasteiger charge is -2.22. The Morgan fingerprint density at radius 1 is 1.26 bits per heavy atom. The Morgan fingerprint density at radius 2 is 2.03 bits per heavy atom. The number of β-amino-alcohol motifs (C(OH)–C–C–N with tert-alkyl or cyclic N) is 1. The van der Waals surface area contributed by atoms with Crippen molar-refractivity contribution in [2.24, 2.45) is 0 Å². The van der Waals surface area contributed by atoms with Crippen molar-refractivity contribution < 1.29 is 27.9 Å². The predicted octanol–water partition coefficient (Wildman–Crippen LogP) is 1.39. The molecule has 0 bridgehead atoms. The van der Waals surface area contributed by atoms with Crippen molar-refractivity contribution >= 4 is 33.2 Å². The SMILES string of the molecule is Cc1ccc(S(=O)(=O)N2CC(O)C[C@H]2C(=O)OCC(=O)NCCc2cccs2)cc1C. The Kier molecular flexibility index (Phi) is 7.47. The molecule has 10 heteroatoms. The van der Waals surface area contributed by atoms with Gasteiger partial charge in [-0.2, -0.15) is 4.31 Å². The van der Waals surface area contributed by atoms with Gasteiger partial charge in [-0.3, -0.25) is 9.59 Å². The number of hydrogen-bond acceptors (Lipinski definition) is 7. The molecule has 31 heavy (non-hydrogen) atoms. The van der Waals surface area contributed by atoms with Crippen molar-refractivity contribution in [2.75, 3.05) is 19.7 Å². The van der Waals surface area contributed by atoms with Crippen LogP contribution in [0.5, 0.6) is 0 Å². The van der Waals surface area contributed by atoms with Crippen LogP contribution in [0, 0.1) is 13.8 Å². The summed E-state index contributed by atoms with van der Waals surface area (Å²) in [5.41, 5.74) is 1.75. The van der Waals surface area contributed by atoms with Crippen molar-refractivity contribution in [3.05, 3.63) is 51.7 Å². The van der Waals surface area contributed by atoms with Crippen LogP contribution in [-0.4, -0.2) is 61.5 Å². The molecule has 1 amide bonds. The van der Waals surface area contributed by atoms with Crippen LogP contribution in [0.3, 0.4) is 0 Å². The first-order valence-corrected chi connectivity index (χ1v) is 12.2. The van der Waals surface area contributed by atoms with E-state index in [1.165, 1.54) is 6.07 Å². The van der Waals surface area contributed by atoms with E-state index in [-0.39, 0.29) is 17.9 Å². The van der Waals surface area contributed by atoms with E-state index < -0.39 is 40.7 Å². The maximum absolute atomic E-state index is 13.1. The van der Waals surface area contributed by atoms with Gasteiger partial charge in [-0.05, 0) is 55.0 Å². The maximum atomic E-state index is 13.1.